The number of aliphatic hydroxyl groups is 1. The van der Waals surface area contributed by atoms with E-state index in [1.807, 2.05) is 18.2 Å². The van der Waals surface area contributed by atoms with E-state index in [0.29, 0.717) is 6.42 Å². The topological polar surface area (TPSA) is 61.1 Å². The fourth-order valence-corrected chi connectivity index (χ4v) is 4.23. The van der Waals surface area contributed by atoms with Crippen LogP contribution >= 0.6 is 0 Å². The lowest BCUT2D eigenvalue weighted by atomic mass is 9.92. The number of hydrogen-bond acceptors (Lipinski definition) is 3. The highest BCUT2D eigenvalue weighted by Gasteiger charge is 2.41. The minimum absolute atomic E-state index is 0.143. The highest BCUT2D eigenvalue weighted by molar-refractivity contribution is 6.80. The average molecular weight is 249 g/mol. The van der Waals surface area contributed by atoms with Crippen LogP contribution in [0.25, 0.3) is 0 Å². The van der Waals surface area contributed by atoms with E-state index < -0.39 is 8.07 Å². The number of aliphatic hydroxyl groups excluding tert-OH is 1. The number of carbonyl (C=O) groups excluding carboxylic acids is 1. The van der Waals surface area contributed by atoms with Crippen LogP contribution in [-0.2, 0) is 4.79 Å². The molecule has 0 heterocycles. The van der Waals surface area contributed by atoms with Crippen molar-refractivity contribution in [3.05, 3.63) is 23.8 Å². The van der Waals surface area contributed by atoms with Crippen molar-refractivity contribution in [1.29, 1.82) is 5.26 Å². The molecule has 1 unspecified atom stereocenters. The summed E-state index contributed by atoms with van der Waals surface area (Å²) in [6.07, 6.45) is 6.79. The lowest BCUT2D eigenvalue weighted by molar-refractivity contribution is -0.111. The van der Waals surface area contributed by atoms with Crippen molar-refractivity contribution in [3.8, 4) is 6.07 Å². The molecule has 0 saturated carbocycles. The van der Waals surface area contributed by atoms with Gasteiger partial charge in [-0.1, -0.05) is 31.8 Å². The van der Waals surface area contributed by atoms with Crippen LogP contribution in [0.3, 0.4) is 0 Å². The van der Waals surface area contributed by atoms with Crippen molar-refractivity contribution in [2.24, 2.45) is 0 Å². The number of nitriles is 1. The number of nitrogens with zero attached hydrogens (tertiary/aromatic N) is 1. The summed E-state index contributed by atoms with van der Waals surface area (Å²) in [4.78, 5) is 11.5. The third kappa shape index (κ3) is 2.74. The minimum atomic E-state index is -1.61. The normalized spacial score (nSPS) is 24.4. The number of rotatable bonds is 4. The zero-order valence-electron chi connectivity index (χ0n) is 10.7. The summed E-state index contributed by atoms with van der Waals surface area (Å²) in [5.41, 5.74) is 0.243. The summed E-state index contributed by atoms with van der Waals surface area (Å²) >= 11 is 0. The molecule has 3 nitrogen and oxygen atoms in total. The zero-order chi connectivity index (χ0) is 13.1. The molecule has 0 fully saturated rings. The third-order valence-corrected chi connectivity index (χ3v) is 6.82. The molecular formula is C13H19NO2Si. The van der Waals surface area contributed by atoms with E-state index in [9.17, 15) is 4.79 Å². The van der Waals surface area contributed by atoms with Gasteiger partial charge in [0.05, 0.1) is 13.6 Å². The van der Waals surface area contributed by atoms with Crippen LogP contribution in [0.1, 0.15) is 12.8 Å². The Balaban J connectivity index is 3.18. The number of ketones is 1. The molecule has 0 amide bonds. The van der Waals surface area contributed by atoms with Gasteiger partial charge in [-0.3, -0.25) is 4.79 Å². The maximum absolute atomic E-state index is 11.5. The minimum Gasteiger partial charge on any atom is -0.396 e. The summed E-state index contributed by atoms with van der Waals surface area (Å²) in [6, 6.07) is 1.98. The summed E-state index contributed by atoms with van der Waals surface area (Å²) in [5.74, 6) is -0.203. The maximum atomic E-state index is 11.5. The first kappa shape index (κ1) is 13.9. The number of hydrogen-bond donors (Lipinski definition) is 1. The average Bonchev–Trinajstić information content (AvgIpc) is 2.26. The van der Waals surface area contributed by atoms with E-state index in [0.717, 1.165) is 6.42 Å². The Labute approximate surface area is 103 Å². The van der Waals surface area contributed by atoms with Crippen molar-refractivity contribution in [1.82, 2.24) is 0 Å². The Hall–Kier alpha value is -1.18. The van der Waals surface area contributed by atoms with E-state index in [-0.39, 0.29) is 23.0 Å². The highest BCUT2D eigenvalue weighted by Crippen LogP contribution is 2.48. The second-order valence-electron chi connectivity index (χ2n) is 5.48. The monoisotopic (exact) mass is 249 g/mol. The summed E-state index contributed by atoms with van der Waals surface area (Å²) in [6.45, 7) is 6.80. The molecule has 0 aromatic rings. The standard InChI is InChI=1S/C13H19NO2Si/c1-17(2,3)13(6-4-8-15)7-5-12(16)11(9-13)10-14/h5,7,9,15H,4,6,8H2,1-3H3. The van der Waals surface area contributed by atoms with E-state index >= 15 is 0 Å². The van der Waals surface area contributed by atoms with Gasteiger partial charge in [-0.25, -0.2) is 0 Å². The molecule has 1 rings (SSSR count). The van der Waals surface area contributed by atoms with Crippen molar-refractivity contribution in [2.75, 3.05) is 6.61 Å². The van der Waals surface area contributed by atoms with Crippen LogP contribution in [0.4, 0.5) is 0 Å². The maximum Gasteiger partial charge on any atom is 0.195 e. The lowest BCUT2D eigenvalue weighted by Gasteiger charge is -2.40. The fourth-order valence-electron chi connectivity index (χ4n) is 2.15. The van der Waals surface area contributed by atoms with Gasteiger partial charge in [0.15, 0.2) is 5.78 Å². The summed E-state index contributed by atoms with van der Waals surface area (Å²) in [5, 5.41) is 17.8. The molecule has 0 saturated heterocycles. The Kier molecular flexibility index (Phi) is 4.07. The van der Waals surface area contributed by atoms with Gasteiger partial charge in [-0.05, 0) is 18.9 Å². The molecule has 0 aromatic heterocycles. The molecule has 0 radical (unpaired) electrons. The first-order valence-electron chi connectivity index (χ1n) is 5.84. The second-order valence-corrected chi connectivity index (χ2v) is 10.9. The lowest BCUT2D eigenvalue weighted by Crippen LogP contribution is -2.39. The predicted octanol–water partition coefficient (Wildman–Crippen LogP) is 2.43. The van der Waals surface area contributed by atoms with Gasteiger partial charge in [-0.15, -0.1) is 0 Å². The van der Waals surface area contributed by atoms with Gasteiger partial charge >= 0.3 is 0 Å². The zero-order valence-corrected chi connectivity index (χ0v) is 11.7. The van der Waals surface area contributed by atoms with E-state index in [1.54, 1.807) is 0 Å². The Morgan fingerprint density at radius 2 is 2.12 bits per heavy atom. The molecule has 0 spiro atoms. The van der Waals surface area contributed by atoms with Gasteiger partial charge in [0, 0.05) is 11.6 Å². The molecule has 92 valence electrons. The second kappa shape index (κ2) is 4.99. The molecule has 0 bridgehead atoms. The first-order valence-corrected chi connectivity index (χ1v) is 9.34. The molecule has 0 aliphatic heterocycles. The summed E-state index contributed by atoms with van der Waals surface area (Å²) in [7, 11) is -1.61. The van der Waals surface area contributed by atoms with E-state index in [1.165, 1.54) is 6.08 Å². The molecule has 1 N–H and O–H groups in total. The first-order chi connectivity index (χ1) is 7.86. The van der Waals surface area contributed by atoms with Crippen LogP contribution < -0.4 is 0 Å². The number of carbonyl (C=O) groups is 1. The quantitative estimate of drug-likeness (QED) is 0.778. The molecule has 1 atom stereocenters. The highest BCUT2D eigenvalue weighted by atomic mass is 28.3. The Morgan fingerprint density at radius 1 is 1.47 bits per heavy atom. The molecule has 1 aliphatic carbocycles. The van der Waals surface area contributed by atoms with Crippen LogP contribution in [0.5, 0.6) is 0 Å². The summed E-state index contributed by atoms with van der Waals surface area (Å²) < 4.78 is 0. The SMILES string of the molecule is C[Si](C)(C)C1(CCCO)C=CC(=O)C(C#N)=C1. The number of allylic oxidation sites excluding steroid dienone is 4. The van der Waals surface area contributed by atoms with Crippen LogP contribution in [0.2, 0.25) is 24.7 Å². The largest absolute Gasteiger partial charge is 0.396 e. The predicted molar refractivity (Wildman–Crippen MR) is 70.2 cm³/mol. The van der Waals surface area contributed by atoms with Gasteiger partial charge in [0.1, 0.15) is 6.07 Å². The van der Waals surface area contributed by atoms with Gasteiger partial charge in [0.25, 0.3) is 0 Å². The van der Waals surface area contributed by atoms with Crippen molar-refractivity contribution >= 4 is 13.9 Å². The van der Waals surface area contributed by atoms with Crippen LogP contribution in [0.15, 0.2) is 23.8 Å². The fraction of sp³-hybridized carbons (Fsp3) is 0.538. The Bertz CT molecular complexity index is 412. The van der Waals surface area contributed by atoms with Crippen molar-refractivity contribution in [2.45, 2.75) is 37.5 Å². The molecule has 17 heavy (non-hydrogen) atoms. The third-order valence-electron chi connectivity index (χ3n) is 3.46. The molecular weight excluding hydrogens is 230 g/mol. The van der Waals surface area contributed by atoms with Gasteiger partial charge in [-0.2, -0.15) is 5.26 Å². The van der Waals surface area contributed by atoms with Crippen LogP contribution in [0, 0.1) is 11.3 Å². The van der Waals surface area contributed by atoms with Crippen LogP contribution in [-0.4, -0.2) is 25.6 Å². The smallest absolute Gasteiger partial charge is 0.195 e. The van der Waals surface area contributed by atoms with E-state index in [4.69, 9.17) is 10.4 Å². The van der Waals surface area contributed by atoms with Gasteiger partial charge < -0.3 is 5.11 Å². The molecule has 0 aromatic carbocycles. The van der Waals surface area contributed by atoms with Gasteiger partial charge in [0.2, 0.25) is 0 Å². The van der Waals surface area contributed by atoms with Crippen molar-refractivity contribution in [3.63, 3.8) is 0 Å². The Morgan fingerprint density at radius 3 is 2.59 bits per heavy atom. The van der Waals surface area contributed by atoms with Crippen molar-refractivity contribution < 1.29 is 9.90 Å². The van der Waals surface area contributed by atoms with E-state index in [2.05, 4.69) is 19.6 Å². The molecule has 4 heteroatoms. The molecule has 1 aliphatic rings.